The van der Waals surface area contributed by atoms with Gasteiger partial charge >= 0.3 is 0 Å². The second kappa shape index (κ2) is 7.30. The molecule has 0 aliphatic carbocycles. The molecule has 1 aliphatic rings. The number of nitrogens with one attached hydrogen (secondary N) is 1. The van der Waals surface area contributed by atoms with Crippen LogP contribution in [-0.4, -0.2) is 51.0 Å². The molecule has 1 fully saturated rings. The van der Waals surface area contributed by atoms with E-state index >= 15 is 0 Å². The van der Waals surface area contributed by atoms with Crippen molar-refractivity contribution in [1.29, 1.82) is 0 Å². The highest BCUT2D eigenvalue weighted by Gasteiger charge is 2.28. The molecule has 1 saturated heterocycles. The van der Waals surface area contributed by atoms with Gasteiger partial charge < -0.3 is 14.8 Å². The number of thioether (sulfide) groups is 1. The van der Waals surface area contributed by atoms with Gasteiger partial charge in [0, 0.05) is 49.6 Å². The molecular formula is C18H25N5S. The third kappa shape index (κ3) is 3.93. The Kier molecular flexibility index (Phi) is 5.14. The van der Waals surface area contributed by atoms with E-state index in [2.05, 4.69) is 58.3 Å². The first-order valence-corrected chi connectivity index (χ1v) is 9.23. The number of aliphatic imine (C=N–C) groups is 1. The molecule has 1 aromatic carbocycles. The maximum absolute atomic E-state index is 4.49. The van der Waals surface area contributed by atoms with Crippen molar-refractivity contribution in [2.24, 2.45) is 4.99 Å². The summed E-state index contributed by atoms with van der Waals surface area (Å²) in [4.78, 5) is 11.0. The summed E-state index contributed by atoms with van der Waals surface area (Å²) in [6, 6.07) is 8.38. The van der Waals surface area contributed by atoms with Gasteiger partial charge in [-0.1, -0.05) is 18.2 Å². The van der Waals surface area contributed by atoms with Gasteiger partial charge in [0.1, 0.15) is 0 Å². The molecule has 0 spiro atoms. The Hall–Kier alpha value is -1.95. The second-order valence-corrected chi connectivity index (χ2v) is 8.33. The van der Waals surface area contributed by atoms with Crippen LogP contribution in [0.1, 0.15) is 19.4 Å². The number of rotatable bonds is 3. The Morgan fingerprint density at radius 1 is 1.38 bits per heavy atom. The molecular weight excluding hydrogens is 318 g/mol. The molecule has 2 heterocycles. The summed E-state index contributed by atoms with van der Waals surface area (Å²) in [7, 11) is 1.86. The van der Waals surface area contributed by atoms with Gasteiger partial charge in [0.25, 0.3) is 0 Å². The highest BCUT2D eigenvalue weighted by Crippen LogP contribution is 2.29. The van der Waals surface area contributed by atoms with Crippen LogP contribution < -0.4 is 5.32 Å². The van der Waals surface area contributed by atoms with Gasteiger partial charge in [-0.2, -0.15) is 11.8 Å². The Labute approximate surface area is 148 Å². The average Bonchev–Trinajstić information content (AvgIpc) is 3.09. The van der Waals surface area contributed by atoms with Crippen LogP contribution in [0.3, 0.4) is 0 Å². The van der Waals surface area contributed by atoms with Crippen LogP contribution in [0.25, 0.3) is 5.69 Å². The normalized spacial score (nSPS) is 17.8. The Bertz CT molecular complexity index is 693. The van der Waals surface area contributed by atoms with E-state index in [4.69, 9.17) is 0 Å². The highest BCUT2D eigenvalue weighted by atomic mass is 32.2. The molecule has 128 valence electrons. The molecule has 1 N–H and O–H groups in total. The molecule has 6 heteroatoms. The lowest BCUT2D eigenvalue weighted by Crippen LogP contribution is -2.50. The standard InChI is InChI=1S/C18H25N5S/c1-18(2)13-22(10-11-24-18)17(19-3)21-12-15-6-4-5-7-16(15)23-9-8-20-14-23/h4-9,14H,10-13H2,1-3H3,(H,19,21). The number of hydrogen-bond donors (Lipinski definition) is 1. The Morgan fingerprint density at radius 2 is 2.21 bits per heavy atom. The number of imidazole rings is 1. The average molecular weight is 344 g/mol. The number of nitrogens with zero attached hydrogens (tertiary/aromatic N) is 4. The smallest absolute Gasteiger partial charge is 0.193 e. The minimum Gasteiger partial charge on any atom is -0.352 e. The quantitative estimate of drug-likeness (QED) is 0.688. The molecule has 0 amide bonds. The zero-order chi connectivity index (χ0) is 17.0. The third-order valence-corrected chi connectivity index (χ3v) is 5.45. The Balaban J connectivity index is 1.71. The van der Waals surface area contributed by atoms with Gasteiger partial charge in [-0.05, 0) is 25.5 Å². The molecule has 24 heavy (non-hydrogen) atoms. The first-order chi connectivity index (χ1) is 11.6. The van der Waals surface area contributed by atoms with Crippen LogP contribution >= 0.6 is 11.8 Å². The zero-order valence-corrected chi connectivity index (χ0v) is 15.4. The second-order valence-electron chi connectivity index (χ2n) is 6.53. The van der Waals surface area contributed by atoms with E-state index < -0.39 is 0 Å². The van der Waals surface area contributed by atoms with Gasteiger partial charge in [0.15, 0.2) is 5.96 Å². The SMILES string of the molecule is CN=C(NCc1ccccc1-n1ccnc1)N1CCSC(C)(C)C1. The van der Waals surface area contributed by atoms with E-state index in [1.54, 1.807) is 6.20 Å². The van der Waals surface area contributed by atoms with E-state index in [0.717, 1.165) is 37.0 Å². The summed E-state index contributed by atoms with van der Waals surface area (Å²) < 4.78 is 2.31. The Morgan fingerprint density at radius 3 is 2.92 bits per heavy atom. The topological polar surface area (TPSA) is 45.5 Å². The minimum absolute atomic E-state index is 0.268. The molecule has 1 aromatic heterocycles. The van der Waals surface area contributed by atoms with Crippen molar-refractivity contribution in [3.05, 3.63) is 48.5 Å². The molecule has 2 aromatic rings. The van der Waals surface area contributed by atoms with Crippen molar-refractivity contribution in [2.45, 2.75) is 25.1 Å². The predicted octanol–water partition coefficient (Wildman–Crippen LogP) is 2.78. The third-order valence-electron chi connectivity index (χ3n) is 4.15. The van der Waals surface area contributed by atoms with Gasteiger partial charge in [0.2, 0.25) is 0 Å². The summed E-state index contributed by atoms with van der Waals surface area (Å²) in [5.41, 5.74) is 2.37. The number of aromatic nitrogens is 2. The fourth-order valence-corrected chi connectivity index (χ4v) is 4.13. The van der Waals surface area contributed by atoms with E-state index in [-0.39, 0.29) is 4.75 Å². The lowest BCUT2D eigenvalue weighted by atomic mass is 10.1. The zero-order valence-electron chi connectivity index (χ0n) is 14.6. The van der Waals surface area contributed by atoms with Crippen molar-refractivity contribution in [2.75, 3.05) is 25.9 Å². The van der Waals surface area contributed by atoms with E-state index in [1.807, 2.05) is 35.9 Å². The van der Waals surface area contributed by atoms with E-state index in [0.29, 0.717) is 0 Å². The number of guanidine groups is 1. The van der Waals surface area contributed by atoms with Crippen LogP contribution in [-0.2, 0) is 6.54 Å². The van der Waals surface area contributed by atoms with E-state index in [9.17, 15) is 0 Å². The van der Waals surface area contributed by atoms with E-state index in [1.165, 1.54) is 5.56 Å². The molecule has 0 unspecified atom stereocenters. The van der Waals surface area contributed by atoms with Crippen LogP contribution in [0.2, 0.25) is 0 Å². The van der Waals surface area contributed by atoms with Gasteiger partial charge in [0.05, 0.1) is 12.0 Å². The maximum Gasteiger partial charge on any atom is 0.193 e. The molecule has 0 bridgehead atoms. The van der Waals surface area contributed by atoms with Crippen molar-refractivity contribution >= 4 is 17.7 Å². The van der Waals surface area contributed by atoms with Crippen LogP contribution in [0, 0.1) is 0 Å². The van der Waals surface area contributed by atoms with Crippen molar-refractivity contribution in [3.8, 4) is 5.69 Å². The lowest BCUT2D eigenvalue weighted by Gasteiger charge is -2.39. The molecule has 0 atom stereocenters. The molecule has 0 radical (unpaired) electrons. The first-order valence-electron chi connectivity index (χ1n) is 8.25. The van der Waals surface area contributed by atoms with Gasteiger partial charge in [-0.3, -0.25) is 4.99 Å². The maximum atomic E-state index is 4.49. The fraction of sp³-hybridized carbons (Fsp3) is 0.444. The number of benzene rings is 1. The summed E-state index contributed by atoms with van der Waals surface area (Å²) in [6.07, 6.45) is 5.60. The minimum atomic E-state index is 0.268. The number of para-hydroxylation sites is 1. The molecule has 1 aliphatic heterocycles. The van der Waals surface area contributed by atoms with Crippen molar-refractivity contribution < 1.29 is 0 Å². The summed E-state index contributed by atoms with van der Waals surface area (Å²) >= 11 is 2.03. The van der Waals surface area contributed by atoms with Gasteiger partial charge in [-0.15, -0.1) is 0 Å². The van der Waals surface area contributed by atoms with Crippen LogP contribution in [0.4, 0.5) is 0 Å². The van der Waals surface area contributed by atoms with Crippen molar-refractivity contribution in [3.63, 3.8) is 0 Å². The molecule has 3 rings (SSSR count). The fourth-order valence-electron chi connectivity index (χ4n) is 3.02. The largest absolute Gasteiger partial charge is 0.352 e. The molecule has 5 nitrogen and oxygen atoms in total. The van der Waals surface area contributed by atoms with Crippen LogP contribution in [0.5, 0.6) is 0 Å². The summed E-state index contributed by atoms with van der Waals surface area (Å²) in [5, 5.41) is 3.53. The number of hydrogen-bond acceptors (Lipinski definition) is 3. The summed E-state index contributed by atoms with van der Waals surface area (Å²) in [5.74, 6) is 2.11. The molecule has 0 saturated carbocycles. The van der Waals surface area contributed by atoms with Crippen LogP contribution in [0.15, 0.2) is 48.0 Å². The van der Waals surface area contributed by atoms with Gasteiger partial charge in [-0.25, -0.2) is 4.98 Å². The van der Waals surface area contributed by atoms with Crippen molar-refractivity contribution in [1.82, 2.24) is 19.8 Å². The summed E-state index contributed by atoms with van der Waals surface area (Å²) in [6.45, 7) is 7.39. The highest BCUT2D eigenvalue weighted by molar-refractivity contribution is 8.00. The predicted molar refractivity (Wildman–Crippen MR) is 102 cm³/mol. The first kappa shape index (κ1) is 16.9. The monoisotopic (exact) mass is 343 g/mol. The lowest BCUT2D eigenvalue weighted by molar-refractivity contribution is 0.375.